The quantitative estimate of drug-likeness (QED) is 0.743. The van der Waals surface area contributed by atoms with Crippen LogP contribution in [0.5, 0.6) is 0 Å². The number of aromatic carboxylic acids is 2. The first-order valence-corrected chi connectivity index (χ1v) is 3.99. The molecule has 0 bridgehead atoms. The number of hydrogen-bond acceptors (Lipinski definition) is 3. The summed E-state index contributed by atoms with van der Waals surface area (Å²) in [5.41, 5.74) is -0.925. The van der Waals surface area contributed by atoms with Gasteiger partial charge in [-0.15, -0.1) is 0 Å². The van der Waals surface area contributed by atoms with Gasteiger partial charge in [-0.25, -0.2) is 9.59 Å². The van der Waals surface area contributed by atoms with Crippen molar-refractivity contribution in [2.24, 2.45) is 0 Å². The lowest BCUT2D eigenvalue weighted by Gasteiger charge is -2.01. The molecular formula is C10H5NO5. The number of carboxylic acid groups (broad SMARTS) is 2. The van der Waals surface area contributed by atoms with E-state index in [0.29, 0.717) is 0 Å². The lowest BCUT2D eigenvalue weighted by Crippen LogP contribution is -2.05. The number of amides is 1. The number of rotatable bonds is 3. The van der Waals surface area contributed by atoms with Crippen molar-refractivity contribution in [3.8, 4) is 0 Å². The molecule has 0 saturated carbocycles. The van der Waals surface area contributed by atoms with Crippen molar-refractivity contribution in [2.45, 2.75) is 0 Å². The van der Waals surface area contributed by atoms with Crippen LogP contribution in [0.2, 0.25) is 0 Å². The highest BCUT2D eigenvalue weighted by Gasteiger charge is 2.14. The molecule has 0 unspecified atom stereocenters. The predicted octanol–water partition coefficient (Wildman–Crippen LogP) is 1.14. The van der Waals surface area contributed by atoms with E-state index in [1.54, 1.807) is 0 Å². The van der Waals surface area contributed by atoms with E-state index in [9.17, 15) is 14.4 Å². The summed E-state index contributed by atoms with van der Waals surface area (Å²) in [7, 11) is 0. The van der Waals surface area contributed by atoms with E-state index < -0.39 is 17.8 Å². The van der Waals surface area contributed by atoms with E-state index in [-0.39, 0.29) is 16.7 Å². The molecule has 2 N–H and O–H groups in total. The molecule has 0 aliphatic heterocycles. The summed E-state index contributed by atoms with van der Waals surface area (Å²) in [5, 5.41) is 17.4. The molecule has 0 spiro atoms. The Balaban J connectivity index is 3.42. The SMILES string of the molecule is [C-]#[N+]C(=O)c1cc(C(=O)O)cc(C(=O)O)c1. The zero-order valence-electron chi connectivity index (χ0n) is 7.80. The molecule has 1 aromatic rings. The van der Waals surface area contributed by atoms with Crippen LogP contribution in [0, 0.1) is 6.57 Å². The normalized spacial score (nSPS) is 9.19. The predicted molar refractivity (Wildman–Crippen MR) is 51.3 cm³/mol. The Morgan fingerprint density at radius 1 is 0.938 bits per heavy atom. The summed E-state index contributed by atoms with van der Waals surface area (Å²) >= 11 is 0. The second-order valence-corrected chi connectivity index (χ2v) is 2.83. The molecular weight excluding hydrogens is 214 g/mol. The zero-order chi connectivity index (χ0) is 12.3. The van der Waals surface area contributed by atoms with Crippen LogP contribution in [0.15, 0.2) is 18.2 Å². The Bertz CT molecular complexity index is 494. The Morgan fingerprint density at radius 2 is 1.31 bits per heavy atom. The van der Waals surface area contributed by atoms with Crippen LogP contribution >= 0.6 is 0 Å². The highest BCUT2D eigenvalue weighted by Crippen LogP contribution is 2.12. The Labute approximate surface area is 89.6 Å². The Hall–Kier alpha value is -2.68. The van der Waals surface area contributed by atoms with E-state index >= 15 is 0 Å². The van der Waals surface area contributed by atoms with Crippen molar-refractivity contribution in [1.82, 2.24) is 0 Å². The fourth-order valence-corrected chi connectivity index (χ4v) is 1.06. The van der Waals surface area contributed by atoms with Crippen LogP contribution in [0.4, 0.5) is 0 Å². The van der Waals surface area contributed by atoms with Gasteiger partial charge in [0.25, 0.3) is 0 Å². The summed E-state index contributed by atoms with van der Waals surface area (Å²) in [6.45, 7) is 6.48. The first-order chi connectivity index (χ1) is 7.45. The van der Waals surface area contributed by atoms with E-state index in [1.165, 1.54) is 0 Å². The Morgan fingerprint density at radius 3 is 1.62 bits per heavy atom. The fourth-order valence-electron chi connectivity index (χ4n) is 1.06. The average molecular weight is 219 g/mol. The van der Waals surface area contributed by atoms with Crippen LogP contribution in [0.1, 0.15) is 31.1 Å². The van der Waals surface area contributed by atoms with Gasteiger partial charge in [0.1, 0.15) is 0 Å². The maximum absolute atomic E-state index is 11.0. The lowest BCUT2D eigenvalue weighted by molar-refractivity contribution is 0.0696. The maximum atomic E-state index is 11.0. The van der Waals surface area contributed by atoms with Crippen LogP contribution < -0.4 is 0 Å². The molecule has 0 aliphatic carbocycles. The Kier molecular flexibility index (Phi) is 3.01. The molecule has 6 heteroatoms. The van der Waals surface area contributed by atoms with Gasteiger partial charge in [-0.2, -0.15) is 4.85 Å². The van der Waals surface area contributed by atoms with Gasteiger partial charge in [-0.1, -0.05) is 0 Å². The molecule has 6 nitrogen and oxygen atoms in total. The average Bonchev–Trinajstić information content (AvgIpc) is 2.27. The number of carbonyl (C=O) groups excluding carboxylic acids is 1. The zero-order valence-corrected chi connectivity index (χ0v) is 7.80. The van der Waals surface area contributed by atoms with Gasteiger partial charge in [0.2, 0.25) is 0 Å². The number of benzene rings is 1. The van der Waals surface area contributed by atoms with Crippen LogP contribution in [0.3, 0.4) is 0 Å². The second kappa shape index (κ2) is 4.23. The highest BCUT2D eigenvalue weighted by atomic mass is 16.4. The van der Waals surface area contributed by atoms with Gasteiger partial charge >= 0.3 is 17.8 Å². The molecule has 16 heavy (non-hydrogen) atoms. The molecule has 1 amide bonds. The second-order valence-electron chi connectivity index (χ2n) is 2.83. The van der Waals surface area contributed by atoms with Gasteiger partial charge in [-0.05, 0) is 18.2 Å². The van der Waals surface area contributed by atoms with E-state index in [1.807, 2.05) is 0 Å². The number of carbonyl (C=O) groups is 3. The summed E-state index contributed by atoms with van der Waals surface area (Å²) in [6, 6.07) is 2.86. The molecule has 0 atom stereocenters. The van der Waals surface area contributed by atoms with Gasteiger partial charge in [-0.3, -0.25) is 0 Å². The van der Waals surface area contributed by atoms with Crippen molar-refractivity contribution in [1.29, 1.82) is 0 Å². The number of carboxylic acids is 2. The molecule has 1 rings (SSSR count). The minimum Gasteiger partial charge on any atom is -0.478 e. The summed E-state index contributed by atoms with van der Waals surface area (Å²) in [6.07, 6.45) is 0. The maximum Gasteiger partial charge on any atom is 0.385 e. The third kappa shape index (κ3) is 2.22. The van der Waals surface area contributed by atoms with Gasteiger partial charge in [0.15, 0.2) is 0 Å². The molecule has 1 aromatic carbocycles. The number of nitrogens with zero attached hydrogens (tertiary/aromatic N) is 1. The minimum atomic E-state index is -1.36. The first-order valence-electron chi connectivity index (χ1n) is 3.99. The van der Waals surface area contributed by atoms with Crippen LogP contribution in [-0.2, 0) is 0 Å². The molecule has 0 heterocycles. The molecule has 0 saturated heterocycles. The fraction of sp³-hybridized carbons (Fsp3) is 0. The largest absolute Gasteiger partial charge is 0.478 e. The highest BCUT2D eigenvalue weighted by molar-refractivity contribution is 6.05. The summed E-state index contributed by atoms with van der Waals surface area (Å²) < 4.78 is 0. The first kappa shape index (κ1) is 11.4. The van der Waals surface area contributed by atoms with Crippen molar-refractivity contribution in [3.63, 3.8) is 0 Å². The van der Waals surface area contributed by atoms with Gasteiger partial charge < -0.3 is 15.0 Å². The molecule has 0 aliphatic rings. The van der Waals surface area contributed by atoms with Crippen LogP contribution in [0.25, 0.3) is 4.85 Å². The third-order valence-electron chi connectivity index (χ3n) is 1.78. The molecule has 0 radical (unpaired) electrons. The van der Waals surface area contributed by atoms with Gasteiger partial charge in [0.05, 0.1) is 17.7 Å². The van der Waals surface area contributed by atoms with Crippen molar-refractivity contribution < 1.29 is 24.6 Å². The molecule has 0 aromatic heterocycles. The van der Waals surface area contributed by atoms with E-state index in [4.69, 9.17) is 16.8 Å². The smallest absolute Gasteiger partial charge is 0.385 e. The van der Waals surface area contributed by atoms with Crippen molar-refractivity contribution >= 4 is 17.8 Å². The summed E-state index contributed by atoms with van der Waals surface area (Å²) in [5.74, 6) is -3.71. The topological polar surface area (TPSA) is 96.0 Å². The van der Waals surface area contributed by atoms with Crippen LogP contribution in [-0.4, -0.2) is 28.1 Å². The minimum absolute atomic E-state index is 0.243. The van der Waals surface area contributed by atoms with Gasteiger partial charge in [0, 0.05) is 5.56 Å². The van der Waals surface area contributed by atoms with Crippen molar-refractivity contribution in [3.05, 3.63) is 46.3 Å². The molecule has 0 fully saturated rings. The number of hydrogen-bond donors (Lipinski definition) is 2. The third-order valence-corrected chi connectivity index (χ3v) is 1.78. The standard InChI is InChI=1S/C10H5NO5/c1-11-8(12)5-2-6(9(13)14)4-7(3-5)10(15)16/h2-4H,(H,13,14)(H,15,16). The van der Waals surface area contributed by atoms with E-state index in [0.717, 1.165) is 18.2 Å². The monoisotopic (exact) mass is 219 g/mol. The molecule has 80 valence electrons. The summed E-state index contributed by atoms with van der Waals surface area (Å²) in [4.78, 5) is 34.9. The lowest BCUT2D eigenvalue weighted by atomic mass is 10.1. The van der Waals surface area contributed by atoms with Crippen molar-refractivity contribution in [2.75, 3.05) is 0 Å². The van der Waals surface area contributed by atoms with E-state index in [2.05, 4.69) is 4.85 Å².